The Hall–Kier alpha value is -4.24. The molecule has 0 spiro atoms. The van der Waals surface area contributed by atoms with Crippen LogP contribution in [0.2, 0.25) is 0 Å². The molecule has 4 rings (SSSR count). The van der Waals surface area contributed by atoms with Gasteiger partial charge in [0.1, 0.15) is 25.5 Å². The molecule has 1 fully saturated rings. The Morgan fingerprint density at radius 1 is 0.927 bits per heavy atom. The lowest BCUT2D eigenvalue weighted by Gasteiger charge is -2.19. The Labute approximate surface area is 244 Å². The van der Waals surface area contributed by atoms with Crippen molar-refractivity contribution in [2.45, 2.75) is 33.1 Å². The SMILES string of the molecule is COc1cc(/C=C2\SC(=O)N(CC(=O)Nc3ccc(C)cc3)C2=O)ccc1OCCOc1ccc(C(C)(C)C)cc1. The van der Waals surface area contributed by atoms with Crippen molar-refractivity contribution in [1.82, 2.24) is 4.90 Å². The smallest absolute Gasteiger partial charge is 0.294 e. The van der Waals surface area contributed by atoms with Crippen LogP contribution >= 0.6 is 11.8 Å². The standard InChI is InChI=1S/C32H34N2O6S/c1-21-6-11-24(12-7-21)33-29(35)20-34-30(36)28(41-31(34)37)19-22-8-15-26(27(18-22)38-5)40-17-16-39-25-13-9-23(10-14-25)32(2,3)4/h6-15,18-19H,16-17,20H2,1-5H3,(H,33,35)/b28-19-. The molecule has 41 heavy (non-hydrogen) atoms. The molecule has 1 saturated heterocycles. The lowest BCUT2D eigenvalue weighted by atomic mass is 9.87. The number of imide groups is 1. The number of ether oxygens (including phenoxy) is 3. The molecule has 0 bridgehead atoms. The fourth-order valence-electron chi connectivity index (χ4n) is 4.02. The van der Waals surface area contributed by atoms with Crippen LogP contribution in [-0.2, 0) is 15.0 Å². The monoisotopic (exact) mass is 574 g/mol. The molecule has 3 aromatic carbocycles. The van der Waals surface area contributed by atoms with E-state index in [1.165, 1.54) is 12.7 Å². The van der Waals surface area contributed by atoms with Gasteiger partial charge in [0, 0.05) is 5.69 Å². The summed E-state index contributed by atoms with van der Waals surface area (Å²) in [7, 11) is 1.53. The molecule has 1 aliphatic rings. The topological polar surface area (TPSA) is 94.2 Å². The molecule has 1 aliphatic heterocycles. The third-order valence-corrected chi connectivity index (χ3v) is 7.23. The number of methoxy groups -OCH3 is 1. The van der Waals surface area contributed by atoms with E-state index in [1.807, 2.05) is 31.2 Å². The van der Waals surface area contributed by atoms with Gasteiger partial charge in [-0.3, -0.25) is 19.3 Å². The molecule has 1 heterocycles. The minimum atomic E-state index is -0.522. The predicted octanol–water partition coefficient (Wildman–Crippen LogP) is 6.43. The number of amides is 3. The molecule has 8 nitrogen and oxygen atoms in total. The number of aryl methyl sites for hydroxylation is 1. The Morgan fingerprint density at radius 3 is 2.27 bits per heavy atom. The minimum Gasteiger partial charge on any atom is -0.493 e. The summed E-state index contributed by atoms with van der Waals surface area (Å²) < 4.78 is 17.1. The molecule has 3 amide bonds. The Kier molecular flexibility index (Phi) is 9.39. The zero-order valence-electron chi connectivity index (χ0n) is 23.9. The van der Waals surface area contributed by atoms with Crippen LogP contribution in [0.4, 0.5) is 10.5 Å². The van der Waals surface area contributed by atoms with Crippen LogP contribution in [0.1, 0.15) is 37.5 Å². The first-order valence-electron chi connectivity index (χ1n) is 13.2. The largest absolute Gasteiger partial charge is 0.493 e. The first kappa shape index (κ1) is 29.7. The number of benzene rings is 3. The van der Waals surface area contributed by atoms with E-state index in [-0.39, 0.29) is 16.9 Å². The van der Waals surface area contributed by atoms with Crippen LogP contribution in [0.25, 0.3) is 6.08 Å². The summed E-state index contributed by atoms with van der Waals surface area (Å²) in [5, 5.41) is 2.21. The summed E-state index contributed by atoms with van der Waals surface area (Å²) in [4.78, 5) is 39.0. The van der Waals surface area contributed by atoms with E-state index in [0.717, 1.165) is 28.0 Å². The fraction of sp³-hybridized carbons (Fsp3) is 0.281. The van der Waals surface area contributed by atoms with E-state index < -0.39 is 17.1 Å². The molecule has 0 saturated carbocycles. The summed E-state index contributed by atoms with van der Waals surface area (Å²) in [6, 6.07) is 20.5. The summed E-state index contributed by atoms with van der Waals surface area (Å²) in [5.74, 6) is 0.796. The number of hydrogen-bond acceptors (Lipinski definition) is 7. The summed E-state index contributed by atoms with van der Waals surface area (Å²) in [6.07, 6.45) is 1.60. The molecule has 0 aliphatic carbocycles. The number of hydrogen-bond donors (Lipinski definition) is 1. The Bertz CT molecular complexity index is 1440. The molecule has 214 valence electrons. The van der Waals surface area contributed by atoms with Gasteiger partial charge in [0.2, 0.25) is 5.91 Å². The zero-order chi connectivity index (χ0) is 29.6. The third-order valence-electron chi connectivity index (χ3n) is 6.33. The highest BCUT2D eigenvalue weighted by molar-refractivity contribution is 8.18. The van der Waals surface area contributed by atoms with E-state index in [9.17, 15) is 14.4 Å². The number of nitrogens with zero attached hydrogens (tertiary/aromatic N) is 1. The molecule has 9 heteroatoms. The number of nitrogens with one attached hydrogen (secondary N) is 1. The van der Waals surface area contributed by atoms with E-state index in [1.54, 1.807) is 36.4 Å². The van der Waals surface area contributed by atoms with Crippen LogP contribution in [-0.4, -0.2) is 48.8 Å². The molecule has 3 aromatic rings. The molecular weight excluding hydrogens is 540 g/mol. The van der Waals surface area contributed by atoms with Crippen LogP contribution in [0.15, 0.2) is 71.6 Å². The van der Waals surface area contributed by atoms with Gasteiger partial charge in [0.25, 0.3) is 11.1 Å². The maximum Gasteiger partial charge on any atom is 0.294 e. The van der Waals surface area contributed by atoms with Crippen LogP contribution in [0.3, 0.4) is 0 Å². The summed E-state index contributed by atoms with van der Waals surface area (Å²) >= 11 is 0.791. The molecule has 1 N–H and O–H groups in total. The van der Waals surface area contributed by atoms with Gasteiger partial charge < -0.3 is 19.5 Å². The number of thioether (sulfide) groups is 1. The van der Waals surface area contributed by atoms with Crippen molar-refractivity contribution >= 4 is 40.6 Å². The van der Waals surface area contributed by atoms with E-state index in [4.69, 9.17) is 14.2 Å². The van der Waals surface area contributed by atoms with Crippen molar-refractivity contribution in [2.24, 2.45) is 0 Å². The first-order chi connectivity index (χ1) is 19.5. The number of carbonyl (C=O) groups is 3. The number of rotatable bonds is 10. The lowest BCUT2D eigenvalue weighted by Crippen LogP contribution is -2.36. The van der Waals surface area contributed by atoms with Crippen LogP contribution in [0.5, 0.6) is 17.2 Å². The maximum atomic E-state index is 12.9. The van der Waals surface area contributed by atoms with Crippen molar-refractivity contribution in [3.63, 3.8) is 0 Å². The number of anilines is 1. The average molecular weight is 575 g/mol. The van der Waals surface area contributed by atoms with Gasteiger partial charge in [-0.05, 0) is 77.7 Å². The van der Waals surface area contributed by atoms with E-state index >= 15 is 0 Å². The highest BCUT2D eigenvalue weighted by Gasteiger charge is 2.36. The van der Waals surface area contributed by atoms with Crippen LogP contribution in [0, 0.1) is 6.92 Å². The Morgan fingerprint density at radius 2 is 1.61 bits per heavy atom. The minimum absolute atomic E-state index is 0.0807. The van der Waals surface area contributed by atoms with Crippen LogP contribution < -0.4 is 19.5 Å². The quantitative estimate of drug-likeness (QED) is 0.220. The fourth-order valence-corrected chi connectivity index (χ4v) is 4.86. The predicted molar refractivity (Wildman–Crippen MR) is 162 cm³/mol. The molecular formula is C32H34N2O6S. The lowest BCUT2D eigenvalue weighted by molar-refractivity contribution is -0.127. The maximum absolute atomic E-state index is 12.9. The van der Waals surface area contributed by atoms with Gasteiger partial charge in [-0.1, -0.05) is 56.7 Å². The average Bonchev–Trinajstić information content (AvgIpc) is 3.19. The first-order valence-corrected chi connectivity index (χ1v) is 14.0. The second kappa shape index (κ2) is 13.0. The molecule has 0 aromatic heterocycles. The Balaban J connectivity index is 1.32. The van der Waals surface area contributed by atoms with Crippen molar-refractivity contribution in [1.29, 1.82) is 0 Å². The molecule has 0 radical (unpaired) electrons. The second-order valence-electron chi connectivity index (χ2n) is 10.6. The van der Waals surface area contributed by atoms with Crippen molar-refractivity contribution in [3.8, 4) is 17.2 Å². The highest BCUT2D eigenvalue weighted by atomic mass is 32.2. The van der Waals surface area contributed by atoms with Gasteiger partial charge in [-0.25, -0.2) is 0 Å². The van der Waals surface area contributed by atoms with E-state index in [2.05, 4.69) is 38.2 Å². The summed E-state index contributed by atoms with van der Waals surface area (Å²) in [5.41, 5.74) is 3.62. The van der Waals surface area contributed by atoms with Gasteiger partial charge in [0.15, 0.2) is 11.5 Å². The van der Waals surface area contributed by atoms with Crippen molar-refractivity contribution < 1.29 is 28.6 Å². The zero-order valence-corrected chi connectivity index (χ0v) is 24.7. The van der Waals surface area contributed by atoms with Gasteiger partial charge >= 0.3 is 0 Å². The van der Waals surface area contributed by atoms with Gasteiger partial charge in [-0.2, -0.15) is 0 Å². The number of carbonyl (C=O) groups excluding carboxylic acids is 3. The van der Waals surface area contributed by atoms with Gasteiger partial charge in [-0.15, -0.1) is 0 Å². The van der Waals surface area contributed by atoms with E-state index in [0.29, 0.717) is 36.0 Å². The second-order valence-corrected chi connectivity index (χ2v) is 11.6. The highest BCUT2D eigenvalue weighted by Crippen LogP contribution is 2.34. The third kappa shape index (κ3) is 7.91. The normalized spacial score (nSPS) is 14.4. The van der Waals surface area contributed by atoms with Crippen molar-refractivity contribution in [2.75, 3.05) is 32.2 Å². The molecule has 0 atom stereocenters. The molecule has 0 unspecified atom stereocenters. The summed E-state index contributed by atoms with van der Waals surface area (Å²) in [6.45, 7) is 8.73. The van der Waals surface area contributed by atoms with Crippen molar-refractivity contribution in [3.05, 3.63) is 88.3 Å². The van der Waals surface area contributed by atoms with Gasteiger partial charge in [0.05, 0.1) is 12.0 Å².